The fraction of sp³-hybridized carbons (Fsp3) is 0.258. The highest BCUT2D eigenvalue weighted by Crippen LogP contribution is 2.39. The maximum Gasteiger partial charge on any atom is 0.323 e. The zero-order valence-electron chi connectivity index (χ0n) is 24.9. The summed E-state index contributed by atoms with van der Waals surface area (Å²) < 4.78 is 38.4. The molecule has 2 aromatic carbocycles. The van der Waals surface area contributed by atoms with Gasteiger partial charge < -0.3 is 9.80 Å². The Labute approximate surface area is 256 Å². The molecule has 6 rings (SSSR count). The number of hydrogen-bond donors (Lipinski definition) is 0. The number of imidazole rings is 1. The Morgan fingerprint density at radius 3 is 1.66 bits per heavy atom. The van der Waals surface area contributed by atoms with E-state index >= 15 is 0 Å². The highest BCUT2D eigenvalue weighted by molar-refractivity contribution is 5.86. The van der Waals surface area contributed by atoms with Crippen molar-refractivity contribution >= 4 is 51.1 Å². The largest absolute Gasteiger partial charge is 0.323 e. The molecule has 228 valence electrons. The Bertz CT molecular complexity index is 1780. The minimum absolute atomic E-state index is 0.813. The second-order valence-electron chi connectivity index (χ2n) is 9.70. The standard InChI is InChI=1S/C31H33N8.ClHO4/c1-5-36-26(37(6-2)29-28(36)32-22-16-12-13-17-23(22)33-29)20-10-9-11-21-27-38(7-3)30-31(39(27)8-4)35-25-19-15-14-18-24(25)34-30;2-1(3,4)5/h9-21H,5-8H2,1-4H3;(H,2,3,4,5)/q+1;/p-1. The molecule has 5 aromatic rings. The number of para-hydroxylation sites is 4. The third-order valence-electron chi connectivity index (χ3n) is 7.18. The predicted molar refractivity (Wildman–Crippen MR) is 158 cm³/mol. The molecule has 13 heteroatoms. The van der Waals surface area contributed by atoms with E-state index < -0.39 is 10.2 Å². The Balaban J connectivity index is 0.000000712. The predicted octanol–water partition coefficient (Wildman–Crippen LogP) is 0.876. The first-order chi connectivity index (χ1) is 21.2. The molecule has 3 aromatic heterocycles. The lowest BCUT2D eigenvalue weighted by Gasteiger charge is -2.21. The van der Waals surface area contributed by atoms with Crippen molar-refractivity contribution in [3.8, 4) is 0 Å². The molecule has 0 fully saturated rings. The monoisotopic (exact) mass is 616 g/mol. The average molecular weight is 617 g/mol. The van der Waals surface area contributed by atoms with Crippen LogP contribution in [0.5, 0.6) is 0 Å². The van der Waals surface area contributed by atoms with Crippen molar-refractivity contribution in [2.24, 2.45) is 0 Å². The van der Waals surface area contributed by atoms with Crippen molar-refractivity contribution < 1.29 is 33.4 Å². The van der Waals surface area contributed by atoms with Crippen molar-refractivity contribution in [3.05, 3.63) is 84.5 Å². The van der Waals surface area contributed by atoms with Gasteiger partial charge in [0.05, 0.1) is 24.1 Å². The number of fused-ring (bicyclic) bond motifs is 4. The van der Waals surface area contributed by atoms with E-state index in [1.165, 1.54) is 0 Å². The molecule has 0 spiro atoms. The maximum atomic E-state index is 8.49. The Kier molecular flexibility index (Phi) is 9.18. The summed E-state index contributed by atoms with van der Waals surface area (Å²) >= 11 is 0. The van der Waals surface area contributed by atoms with Gasteiger partial charge in [0.1, 0.15) is 11.3 Å². The molecule has 0 radical (unpaired) electrons. The summed E-state index contributed by atoms with van der Waals surface area (Å²) in [6.07, 6.45) is 10.5. The lowest BCUT2D eigenvalue weighted by Crippen LogP contribution is -2.68. The lowest BCUT2D eigenvalue weighted by molar-refractivity contribution is -2.00. The molecular formula is C31H33ClN8O4. The molecule has 0 aliphatic carbocycles. The van der Waals surface area contributed by atoms with Crippen LogP contribution >= 0.6 is 0 Å². The van der Waals surface area contributed by atoms with Crippen molar-refractivity contribution in [1.82, 2.24) is 24.5 Å². The van der Waals surface area contributed by atoms with E-state index in [-0.39, 0.29) is 0 Å². The van der Waals surface area contributed by atoms with E-state index in [0.717, 1.165) is 82.8 Å². The van der Waals surface area contributed by atoms with Crippen LogP contribution in [0.4, 0.5) is 11.6 Å². The molecule has 4 heterocycles. The number of anilines is 2. The first kappa shape index (κ1) is 31.0. The van der Waals surface area contributed by atoms with Crippen molar-refractivity contribution in [3.63, 3.8) is 0 Å². The first-order valence-corrected chi connectivity index (χ1v) is 15.6. The second kappa shape index (κ2) is 13.0. The van der Waals surface area contributed by atoms with Crippen molar-refractivity contribution in [2.45, 2.75) is 40.8 Å². The molecule has 0 N–H and O–H groups in total. The molecule has 0 saturated carbocycles. The maximum absolute atomic E-state index is 8.49. The van der Waals surface area contributed by atoms with Crippen molar-refractivity contribution in [2.75, 3.05) is 22.9 Å². The van der Waals surface area contributed by atoms with Crippen LogP contribution in [0, 0.1) is 10.2 Å². The van der Waals surface area contributed by atoms with Gasteiger partial charge in [-0.25, -0.2) is 42.7 Å². The number of rotatable bonds is 7. The van der Waals surface area contributed by atoms with E-state index in [1.54, 1.807) is 0 Å². The van der Waals surface area contributed by atoms with Crippen LogP contribution in [-0.2, 0) is 13.1 Å². The van der Waals surface area contributed by atoms with Gasteiger partial charge >= 0.3 is 5.65 Å². The van der Waals surface area contributed by atoms with E-state index in [1.807, 2.05) is 48.5 Å². The van der Waals surface area contributed by atoms with E-state index in [2.05, 4.69) is 77.0 Å². The molecule has 1 aliphatic rings. The van der Waals surface area contributed by atoms with Gasteiger partial charge in [-0.2, -0.15) is 0 Å². The summed E-state index contributed by atoms with van der Waals surface area (Å²) in [6.45, 7) is 11.8. The summed E-state index contributed by atoms with van der Waals surface area (Å²) in [7, 11) is -4.94. The summed E-state index contributed by atoms with van der Waals surface area (Å²) in [4.78, 5) is 24.2. The third-order valence-corrected chi connectivity index (χ3v) is 7.18. The van der Waals surface area contributed by atoms with Gasteiger partial charge in [0.2, 0.25) is 5.82 Å². The van der Waals surface area contributed by atoms with Crippen LogP contribution in [0.3, 0.4) is 0 Å². The van der Waals surface area contributed by atoms with E-state index in [9.17, 15) is 0 Å². The normalized spacial score (nSPS) is 13.5. The number of halogens is 1. The summed E-state index contributed by atoms with van der Waals surface area (Å²) in [5.41, 5.74) is 5.49. The summed E-state index contributed by atoms with van der Waals surface area (Å²) in [5.74, 6) is 4.00. The van der Waals surface area contributed by atoms with E-state index in [4.69, 9.17) is 38.6 Å². The van der Waals surface area contributed by atoms with Gasteiger partial charge in [0.25, 0.3) is 5.65 Å². The van der Waals surface area contributed by atoms with Crippen LogP contribution in [0.15, 0.2) is 78.7 Å². The zero-order valence-corrected chi connectivity index (χ0v) is 25.7. The molecule has 0 unspecified atom stereocenters. The molecule has 12 nitrogen and oxygen atoms in total. The number of benzene rings is 2. The molecule has 0 atom stereocenters. The highest BCUT2D eigenvalue weighted by atomic mass is 35.7. The third kappa shape index (κ3) is 6.25. The number of allylic oxidation sites excluding steroid dienone is 4. The minimum Gasteiger partial charge on any atom is -0.310 e. The molecule has 0 amide bonds. The fourth-order valence-electron chi connectivity index (χ4n) is 5.37. The highest BCUT2D eigenvalue weighted by Gasteiger charge is 2.32. The van der Waals surface area contributed by atoms with E-state index in [0.29, 0.717) is 0 Å². The summed E-state index contributed by atoms with van der Waals surface area (Å²) in [5, 5.41) is 0. The molecule has 44 heavy (non-hydrogen) atoms. The Morgan fingerprint density at radius 1 is 0.682 bits per heavy atom. The smallest absolute Gasteiger partial charge is 0.310 e. The molecule has 1 aliphatic heterocycles. The van der Waals surface area contributed by atoms with Gasteiger partial charge in [-0.3, -0.25) is 0 Å². The van der Waals surface area contributed by atoms with Gasteiger partial charge in [-0.1, -0.05) is 47.5 Å². The quantitative estimate of drug-likeness (QED) is 0.190. The van der Waals surface area contributed by atoms with Gasteiger partial charge in [0, 0.05) is 19.2 Å². The zero-order chi connectivity index (χ0) is 31.4. The van der Waals surface area contributed by atoms with Gasteiger partial charge in [-0.15, -0.1) is 10.2 Å². The lowest BCUT2D eigenvalue weighted by atomic mass is 10.3. The number of nitrogens with zero attached hydrogens (tertiary/aromatic N) is 8. The minimum atomic E-state index is -4.94. The van der Waals surface area contributed by atoms with Crippen LogP contribution < -0.4 is 33.0 Å². The number of aromatic nitrogens is 6. The number of aryl methyl sites for hydroxylation is 2. The van der Waals surface area contributed by atoms with Crippen molar-refractivity contribution in [1.29, 1.82) is 0 Å². The van der Waals surface area contributed by atoms with Crippen LogP contribution in [0.2, 0.25) is 0 Å². The summed E-state index contributed by atoms with van der Waals surface area (Å²) in [6, 6.07) is 16.1. The average Bonchev–Trinajstić information content (AvgIpc) is 3.46. The molecule has 0 bridgehead atoms. The first-order valence-electron chi connectivity index (χ1n) is 14.4. The SMILES string of the molecule is CCN1C(=CC=CC=Cc2n(CC)c3nc4ccccc4nc3[n+]2CC)N(CC)c2nc3ccccc3nc21.[O-][Cl+3]([O-])([O-])[O-]. The fourth-order valence-corrected chi connectivity index (χ4v) is 5.37. The van der Waals surface area contributed by atoms with Gasteiger partial charge in [0.15, 0.2) is 17.2 Å². The topological polar surface area (TPSA) is 159 Å². The number of hydrogen-bond acceptors (Lipinski definition) is 10. The van der Waals surface area contributed by atoms with Crippen LogP contribution in [0.25, 0.3) is 39.4 Å². The molecular weight excluding hydrogens is 584 g/mol. The molecule has 0 saturated heterocycles. The second-order valence-corrected chi connectivity index (χ2v) is 10.5. The van der Waals surface area contributed by atoms with Gasteiger partial charge in [-0.05, 0) is 58.0 Å². The van der Waals surface area contributed by atoms with Crippen LogP contribution in [0.1, 0.15) is 33.5 Å². The Morgan fingerprint density at radius 2 is 1.18 bits per heavy atom. The van der Waals surface area contributed by atoms with Crippen LogP contribution in [-0.4, -0.2) is 37.6 Å². The Hall–Kier alpha value is -4.46.